The SMILES string of the molecule is Cl.O=C(NCC(O)c1ccc(Cl)s1)C1CCCCN1. The fourth-order valence-corrected chi connectivity index (χ4v) is 3.05. The molecule has 1 amide bonds. The van der Waals surface area contributed by atoms with E-state index < -0.39 is 6.10 Å². The standard InChI is InChI=1S/C12H17ClN2O2S.ClH/c13-11-5-4-10(18-11)9(16)7-15-12(17)8-3-1-2-6-14-8;/h4-5,8-9,14,16H,1-3,6-7H2,(H,15,17);1H. The van der Waals surface area contributed by atoms with Crippen molar-refractivity contribution in [1.29, 1.82) is 0 Å². The van der Waals surface area contributed by atoms with Gasteiger partial charge in [-0.3, -0.25) is 4.79 Å². The number of thiophene rings is 1. The summed E-state index contributed by atoms with van der Waals surface area (Å²) in [6.45, 7) is 1.12. The molecule has 3 N–H and O–H groups in total. The first-order valence-corrected chi connectivity index (χ1v) is 7.30. The smallest absolute Gasteiger partial charge is 0.237 e. The number of nitrogens with one attached hydrogen (secondary N) is 2. The number of carbonyl (C=O) groups is 1. The van der Waals surface area contributed by atoms with Crippen LogP contribution in [0.25, 0.3) is 0 Å². The zero-order valence-electron chi connectivity index (χ0n) is 10.4. The molecule has 2 unspecified atom stereocenters. The predicted octanol–water partition coefficient (Wildman–Crippen LogP) is 2.11. The summed E-state index contributed by atoms with van der Waals surface area (Å²) in [6.07, 6.45) is 2.39. The minimum Gasteiger partial charge on any atom is -0.386 e. The molecule has 4 nitrogen and oxygen atoms in total. The molecule has 0 aromatic carbocycles. The van der Waals surface area contributed by atoms with E-state index in [9.17, 15) is 9.90 Å². The Morgan fingerprint density at radius 2 is 2.37 bits per heavy atom. The third kappa shape index (κ3) is 4.93. The quantitative estimate of drug-likeness (QED) is 0.795. The molecule has 0 aliphatic carbocycles. The fourth-order valence-electron chi connectivity index (χ4n) is 2.00. The highest BCUT2D eigenvalue weighted by Gasteiger charge is 2.21. The second-order valence-electron chi connectivity index (χ2n) is 4.41. The molecule has 1 aliphatic heterocycles. The molecule has 1 saturated heterocycles. The molecule has 1 fully saturated rings. The van der Waals surface area contributed by atoms with Crippen LogP contribution in [0.15, 0.2) is 12.1 Å². The first-order chi connectivity index (χ1) is 8.66. The third-order valence-electron chi connectivity index (χ3n) is 3.02. The Hall–Kier alpha value is -0.330. The van der Waals surface area contributed by atoms with Crippen LogP contribution < -0.4 is 10.6 Å². The molecule has 0 saturated carbocycles. The molecule has 7 heteroatoms. The first kappa shape index (κ1) is 16.7. The lowest BCUT2D eigenvalue weighted by Crippen LogP contribution is -2.47. The van der Waals surface area contributed by atoms with Gasteiger partial charge in [0.25, 0.3) is 0 Å². The molecule has 0 bridgehead atoms. The maximum atomic E-state index is 11.8. The molecule has 2 rings (SSSR count). The van der Waals surface area contributed by atoms with Gasteiger partial charge in [-0.25, -0.2) is 0 Å². The van der Waals surface area contributed by atoms with Crippen molar-refractivity contribution in [2.75, 3.05) is 13.1 Å². The normalized spacial score (nSPS) is 20.4. The van der Waals surface area contributed by atoms with Gasteiger partial charge in [-0.2, -0.15) is 0 Å². The van der Waals surface area contributed by atoms with Gasteiger partial charge in [0.1, 0.15) is 6.10 Å². The van der Waals surface area contributed by atoms with Crippen LogP contribution in [-0.2, 0) is 4.79 Å². The van der Waals surface area contributed by atoms with Gasteiger partial charge in [-0.15, -0.1) is 23.7 Å². The van der Waals surface area contributed by atoms with Crippen LogP contribution in [0.3, 0.4) is 0 Å². The van der Waals surface area contributed by atoms with Crippen LogP contribution in [0.2, 0.25) is 4.34 Å². The molecule has 2 atom stereocenters. The predicted molar refractivity (Wildman–Crippen MR) is 80.2 cm³/mol. The summed E-state index contributed by atoms with van der Waals surface area (Å²) in [5.41, 5.74) is 0. The second-order valence-corrected chi connectivity index (χ2v) is 6.15. The van der Waals surface area contributed by atoms with Gasteiger partial charge in [0.15, 0.2) is 0 Å². The van der Waals surface area contributed by atoms with E-state index in [2.05, 4.69) is 10.6 Å². The fraction of sp³-hybridized carbons (Fsp3) is 0.583. The molecule has 1 aliphatic rings. The molecule has 0 radical (unpaired) electrons. The Labute approximate surface area is 127 Å². The van der Waals surface area contributed by atoms with Crippen LogP contribution in [0.1, 0.15) is 30.2 Å². The molecular weight excluding hydrogens is 307 g/mol. The van der Waals surface area contributed by atoms with Crippen LogP contribution >= 0.6 is 35.3 Å². The Kier molecular flexibility index (Phi) is 7.10. The number of halogens is 2. The van der Waals surface area contributed by atoms with Crippen molar-refractivity contribution in [2.45, 2.75) is 31.4 Å². The van der Waals surface area contributed by atoms with E-state index in [0.29, 0.717) is 4.34 Å². The molecule has 0 spiro atoms. The summed E-state index contributed by atoms with van der Waals surface area (Å²) in [7, 11) is 0. The van der Waals surface area contributed by atoms with Crippen molar-refractivity contribution in [3.63, 3.8) is 0 Å². The van der Waals surface area contributed by atoms with Crippen LogP contribution in [0, 0.1) is 0 Å². The van der Waals surface area contributed by atoms with E-state index in [1.165, 1.54) is 11.3 Å². The highest BCUT2D eigenvalue weighted by Crippen LogP contribution is 2.26. The van der Waals surface area contributed by atoms with Gasteiger partial charge in [0, 0.05) is 11.4 Å². The van der Waals surface area contributed by atoms with Crippen molar-refractivity contribution < 1.29 is 9.90 Å². The maximum absolute atomic E-state index is 11.8. The van der Waals surface area contributed by atoms with Gasteiger partial charge < -0.3 is 15.7 Å². The monoisotopic (exact) mass is 324 g/mol. The number of amides is 1. The van der Waals surface area contributed by atoms with E-state index in [4.69, 9.17) is 11.6 Å². The molecule has 1 aromatic rings. The topological polar surface area (TPSA) is 61.4 Å². The summed E-state index contributed by atoms with van der Waals surface area (Å²) in [6, 6.07) is 3.41. The number of piperidine rings is 1. The Balaban J connectivity index is 0.00000180. The van der Waals surface area contributed by atoms with Gasteiger partial charge in [-0.05, 0) is 31.5 Å². The summed E-state index contributed by atoms with van der Waals surface area (Å²) >= 11 is 7.13. The Bertz CT molecular complexity index is 408. The van der Waals surface area contributed by atoms with Gasteiger partial charge in [0.2, 0.25) is 5.91 Å². The summed E-state index contributed by atoms with van der Waals surface area (Å²) in [5.74, 6) is -0.0311. The van der Waals surface area contributed by atoms with Crippen molar-refractivity contribution in [3.8, 4) is 0 Å². The Morgan fingerprint density at radius 3 is 2.95 bits per heavy atom. The van der Waals surface area contributed by atoms with E-state index in [0.717, 1.165) is 30.7 Å². The van der Waals surface area contributed by atoms with Crippen LogP contribution in [0.4, 0.5) is 0 Å². The van der Waals surface area contributed by atoms with Gasteiger partial charge in [-0.1, -0.05) is 18.0 Å². The average Bonchev–Trinajstić information content (AvgIpc) is 2.83. The van der Waals surface area contributed by atoms with Crippen LogP contribution in [-0.4, -0.2) is 30.1 Å². The summed E-state index contributed by atoms with van der Waals surface area (Å²) < 4.78 is 0.643. The first-order valence-electron chi connectivity index (χ1n) is 6.11. The van der Waals surface area contributed by atoms with Crippen LogP contribution in [0.5, 0.6) is 0 Å². The number of aliphatic hydroxyl groups is 1. The number of carbonyl (C=O) groups excluding carboxylic acids is 1. The van der Waals surface area contributed by atoms with Crippen molar-refractivity contribution in [2.24, 2.45) is 0 Å². The van der Waals surface area contributed by atoms with Crippen molar-refractivity contribution in [3.05, 3.63) is 21.3 Å². The molecular formula is C12H18Cl2N2O2S. The minimum atomic E-state index is -0.685. The number of hydrogen-bond acceptors (Lipinski definition) is 4. The van der Waals surface area contributed by atoms with Gasteiger partial charge in [0.05, 0.1) is 10.4 Å². The maximum Gasteiger partial charge on any atom is 0.237 e. The molecule has 1 aromatic heterocycles. The second kappa shape index (κ2) is 8.07. The van der Waals surface area contributed by atoms with E-state index >= 15 is 0 Å². The zero-order chi connectivity index (χ0) is 13.0. The highest BCUT2D eigenvalue weighted by molar-refractivity contribution is 7.16. The summed E-state index contributed by atoms with van der Waals surface area (Å²) in [5, 5.41) is 15.8. The third-order valence-corrected chi connectivity index (χ3v) is 4.35. The summed E-state index contributed by atoms with van der Waals surface area (Å²) in [4.78, 5) is 12.6. The number of rotatable bonds is 4. The molecule has 108 valence electrons. The van der Waals surface area contributed by atoms with E-state index in [-0.39, 0.29) is 30.9 Å². The minimum absolute atomic E-state index is 0. The lowest BCUT2D eigenvalue weighted by molar-refractivity contribution is -0.124. The van der Waals surface area contributed by atoms with Crippen molar-refractivity contribution in [1.82, 2.24) is 10.6 Å². The van der Waals surface area contributed by atoms with Crippen molar-refractivity contribution >= 4 is 41.3 Å². The zero-order valence-corrected chi connectivity index (χ0v) is 12.8. The largest absolute Gasteiger partial charge is 0.386 e. The average molecular weight is 325 g/mol. The van der Waals surface area contributed by atoms with E-state index in [1.54, 1.807) is 12.1 Å². The van der Waals surface area contributed by atoms with Gasteiger partial charge >= 0.3 is 0 Å². The Morgan fingerprint density at radius 1 is 1.58 bits per heavy atom. The number of aliphatic hydroxyl groups excluding tert-OH is 1. The molecule has 2 heterocycles. The lowest BCUT2D eigenvalue weighted by Gasteiger charge is -2.23. The number of hydrogen-bond donors (Lipinski definition) is 3. The van der Waals surface area contributed by atoms with E-state index in [1.807, 2.05) is 0 Å². The highest BCUT2D eigenvalue weighted by atomic mass is 35.5. The lowest BCUT2D eigenvalue weighted by atomic mass is 10.0. The molecule has 19 heavy (non-hydrogen) atoms.